The van der Waals surface area contributed by atoms with Crippen molar-refractivity contribution in [1.82, 2.24) is 9.78 Å². The fraction of sp³-hybridized carbons (Fsp3) is 0.158. The molecular weight excluding hydrogens is 334 g/mol. The molecule has 0 bridgehead atoms. The largest absolute Gasteiger partial charge is 0.497 e. The molecule has 1 heterocycles. The fourth-order valence-electron chi connectivity index (χ4n) is 2.50. The van der Waals surface area contributed by atoms with Crippen molar-refractivity contribution in [3.8, 4) is 17.2 Å². The standard InChI is InChI=1S/C19H19N3O4/c1-24-14-6-4-13(5-7-14)22-18(10-11-20-22)21-17-9-8-15(25-2)12-16(17)19(23)26-3/h4-12,21H,1-3H3. The molecule has 0 saturated carbocycles. The third kappa shape index (κ3) is 3.46. The summed E-state index contributed by atoms with van der Waals surface area (Å²) in [5.41, 5.74) is 1.81. The summed E-state index contributed by atoms with van der Waals surface area (Å²) in [4.78, 5) is 12.1. The molecule has 0 amide bonds. The van der Waals surface area contributed by atoms with E-state index >= 15 is 0 Å². The zero-order valence-electron chi connectivity index (χ0n) is 14.7. The molecule has 3 rings (SSSR count). The minimum Gasteiger partial charge on any atom is -0.497 e. The van der Waals surface area contributed by atoms with Gasteiger partial charge in [-0.05, 0) is 42.5 Å². The molecule has 0 fully saturated rings. The van der Waals surface area contributed by atoms with E-state index in [-0.39, 0.29) is 0 Å². The van der Waals surface area contributed by atoms with Crippen LogP contribution in [0, 0.1) is 0 Å². The first-order chi connectivity index (χ1) is 12.7. The van der Waals surface area contributed by atoms with Crippen LogP contribution in [-0.2, 0) is 4.74 Å². The number of carbonyl (C=O) groups excluding carboxylic acids is 1. The average molecular weight is 353 g/mol. The zero-order chi connectivity index (χ0) is 18.5. The van der Waals surface area contributed by atoms with Gasteiger partial charge in [0.1, 0.15) is 17.3 Å². The summed E-state index contributed by atoms with van der Waals surface area (Å²) in [7, 11) is 4.50. The molecule has 7 nitrogen and oxygen atoms in total. The van der Waals surface area contributed by atoms with Gasteiger partial charge in [0.25, 0.3) is 0 Å². The number of nitrogens with zero attached hydrogens (tertiary/aromatic N) is 2. The summed E-state index contributed by atoms with van der Waals surface area (Å²) in [5, 5.41) is 7.57. The topological polar surface area (TPSA) is 74.6 Å². The van der Waals surface area contributed by atoms with Crippen molar-refractivity contribution in [2.75, 3.05) is 26.6 Å². The first-order valence-corrected chi connectivity index (χ1v) is 7.88. The molecule has 0 atom stereocenters. The number of nitrogens with one attached hydrogen (secondary N) is 1. The van der Waals surface area contributed by atoms with Crippen molar-refractivity contribution >= 4 is 17.5 Å². The fourth-order valence-corrected chi connectivity index (χ4v) is 2.50. The van der Waals surface area contributed by atoms with Crippen molar-refractivity contribution in [1.29, 1.82) is 0 Å². The summed E-state index contributed by atoms with van der Waals surface area (Å²) in [5.74, 6) is 1.57. The van der Waals surface area contributed by atoms with E-state index < -0.39 is 5.97 Å². The average Bonchev–Trinajstić information content (AvgIpc) is 3.15. The number of ether oxygens (including phenoxy) is 3. The molecule has 3 aromatic rings. The predicted molar refractivity (Wildman–Crippen MR) is 97.7 cm³/mol. The molecule has 1 N–H and O–H groups in total. The van der Waals surface area contributed by atoms with E-state index in [1.165, 1.54) is 7.11 Å². The number of hydrogen-bond acceptors (Lipinski definition) is 6. The van der Waals surface area contributed by atoms with Crippen molar-refractivity contribution < 1.29 is 19.0 Å². The molecule has 0 radical (unpaired) electrons. The molecular formula is C19H19N3O4. The highest BCUT2D eigenvalue weighted by atomic mass is 16.5. The number of anilines is 2. The highest BCUT2D eigenvalue weighted by Crippen LogP contribution is 2.27. The van der Waals surface area contributed by atoms with E-state index in [0.717, 1.165) is 11.4 Å². The minimum atomic E-state index is -0.457. The molecule has 0 aliphatic rings. The van der Waals surface area contributed by atoms with Crippen molar-refractivity contribution in [3.05, 3.63) is 60.3 Å². The van der Waals surface area contributed by atoms with Gasteiger partial charge in [0.15, 0.2) is 0 Å². The van der Waals surface area contributed by atoms with Crippen molar-refractivity contribution in [2.45, 2.75) is 0 Å². The van der Waals surface area contributed by atoms with E-state index in [2.05, 4.69) is 10.4 Å². The van der Waals surface area contributed by atoms with E-state index in [4.69, 9.17) is 14.2 Å². The molecule has 0 aliphatic carbocycles. The van der Waals surface area contributed by atoms with Crippen molar-refractivity contribution in [2.24, 2.45) is 0 Å². The van der Waals surface area contributed by atoms with Gasteiger partial charge in [-0.1, -0.05) is 0 Å². The molecule has 0 unspecified atom stereocenters. The monoisotopic (exact) mass is 353 g/mol. The number of esters is 1. The van der Waals surface area contributed by atoms with Crippen LogP contribution < -0.4 is 14.8 Å². The lowest BCUT2D eigenvalue weighted by Crippen LogP contribution is -2.08. The van der Waals surface area contributed by atoms with Crippen LogP contribution in [0.2, 0.25) is 0 Å². The van der Waals surface area contributed by atoms with Crippen LogP contribution in [-0.4, -0.2) is 37.1 Å². The third-order valence-corrected chi connectivity index (χ3v) is 3.85. The van der Waals surface area contributed by atoms with Crippen molar-refractivity contribution in [3.63, 3.8) is 0 Å². The maximum Gasteiger partial charge on any atom is 0.340 e. The maximum atomic E-state index is 12.1. The van der Waals surface area contributed by atoms with Crippen LogP contribution in [0.15, 0.2) is 54.7 Å². The van der Waals surface area contributed by atoms with E-state index in [0.29, 0.717) is 22.8 Å². The number of rotatable bonds is 6. The van der Waals surface area contributed by atoms with Crippen LogP contribution in [0.5, 0.6) is 11.5 Å². The highest BCUT2D eigenvalue weighted by molar-refractivity contribution is 5.97. The number of methoxy groups -OCH3 is 3. The highest BCUT2D eigenvalue weighted by Gasteiger charge is 2.15. The van der Waals surface area contributed by atoms with Gasteiger partial charge in [-0.2, -0.15) is 5.10 Å². The van der Waals surface area contributed by atoms with Gasteiger partial charge < -0.3 is 19.5 Å². The summed E-state index contributed by atoms with van der Waals surface area (Å²) in [6, 6.07) is 14.5. The van der Waals surface area contributed by atoms with Crippen LogP contribution >= 0.6 is 0 Å². The van der Waals surface area contributed by atoms with Crippen LogP contribution in [0.25, 0.3) is 5.69 Å². The first kappa shape index (κ1) is 17.3. The Morgan fingerprint density at radius 1 is 0.962 bits per heavy atom. The zero-order valence-corrected chi connectivity index (χ0v) is 14.7. The normalized spacial score (nSPS) is 10.3. The number of aromatic nitrogens is 2. The summed E-state index contributed by atoms with van der Waals surface area (Å²) in [6.45, 7) is 0. The minimum absolute atomic E-state index is 0.370. The lowest BCUT2D eigenvalue weighted by atomic mass is 10.1. The Hall–Kier alpha value is -3.48. The SMILES string of the molecule is COC(=O)c1cc(OC)ccc1Nc1ccnn1-c1ccc(OC)cc1. The van der Waals surface area contributed by atoms with Crippen LogP contribution in [0.4, 0.5) is 11.5 Å². The van der Waals surface area contributed by atoms with Gasteiger partial charge in [0.05, 0.1) is 44.5 Å². The summed E-state index contributed by atoms with van der Waals surface area (Å²) in [6.07, 6.45) is 1.67. The molecule has 134 valence electrons. The Balaban J connectivity index is 1.95. The second-order valence-corrected chi connectivity index (χ2v) is 5.35. The molecule has 1 aromatic heterocycles. The molecule has 26 heavy (non-hydrogen) atoms. The van der Waals surface area contributed by atoms with Gasteiger partial charge in [-0.15, -0.1) is 0 Å². The van der Waals surface area contributed by atoms with E-state index in [1.54, 1.807) is 43.3 Å². The first-order valence-electron chi connectivity index (χ1n) is 7.88. The molecule has 0 spiro atoms. The second kappa shape index (κ2) is 7.60. The lowest BCUT2D eigenvalue weighted by molar-refractivity contribution is 0.0601. The molecule has 0 aliphatic heterocycles. The third-order valence-electron chi connectivity index (χ3n) is 3.85. The number of carbonyl (C=O) groups is 1. The lowest BCUT2D eigenvalue weighted by Gasteiger charge is -2.14. The van der Waals surface area contributed by atoms with Gasteiger partial charge in [-0.25, -0.2) is 9.48 Å². The van der Waals surface area contributed by atoms with Crippen LogP contribution in [0.3, 0.4) is 0 Å². The van der Waals surface area contributed by atoms with Crippen LogP contribution in [0.1, 0.15) is 10.4 Å². The second-order valence-electron chi connectivity index (χ2n) is 5.35. The van der Waals surface area contributed by atoms with Gasteiger partial charge in [0.2, 0.25) is 0 Å². The van der Waals surface area contributed by atoms with Gasteiger partial charge in [0, 0.05) is 6.07 Å². The Bertz CT molecular complexity index is 903. The van der Waals surface area contributed by atoms with E-state index in [1.807, 2.05) is 30.3 Å². The Morgan fingerprint density at radius 3 is 2.31 bits per heavy atom. The summed E-state index contributed by atoms with van der Waals surface area (Å²) < 4.78 is 17.0. The smallest absolute Gasteiger partial charge is 0.340 e. The predicted octanol–water partition coefficient (Wildman–Crippen LogP) is 3.42. The van der Waals surface area contributed by atoms with Gasteiger partial charge >= 0.3 is 5.97 Å². The Kier molecular flexibility index (Phi) is 5.07. The van der Waals surface area contributed by atoms with E-state index in [9.17, 15) is 4.79 Å². The Labute approximate surface area is 151 Å². The molecule has 0 saturated heterocycles. The molecule has 2 aromatic carbocycles. The Morgan fingerprint density at radius 2 is 1.65 bits per heavy atom. The summed E-state index contributed by atoms with van der Waals surface area (Å²) >= 11 is 0. The molecule has 7 heteroatoms. The number of hydrogen-bond donors (Lipinski definition) is 1. The quantitative estimate of drug-likeness (QED) is 0.685. The maximum absolute atomic E-state index is 12.1. The number of benzene rings is 2. The van der Waals surface area contributed by atoms with Gasteiger partial charge in [-0.3, -0.25) is 0 Å².